The van der Waals surface area contributed by atoms with Crippen molar-refractivity contribution in [1.82, 2.24) is 14.9 Å². The number of hydrogen-bond donors (Lipinski definition) is 1. The maximum absolute atomic E-state index is 9.05. The molecule has 0 bridgehead atoms. The van der Waals surface area contributed by atoms with Gasteiger partial charge in [0.2, 0.25) is 0 Å². The van der Waals surface area contributed by atoms with E-state index in [0.29, 0.717) is 13.2 Å². The minimum absolute atomic E-state index is 0.173. The Balaban J connectivity index is 1.69. The van der Waals surface area contributed by atoms with Crippen LogP contribution >= 0.6 is 11.3 Å². The SMILES string of the molecule is CCN(CCO)CCOc1cccc2sc(Cc3ccccn3)nc12. The van der Waals surface area contributed by atoms with Crippen molar-refractivity contribution in [2.75, 3.05) is 32.8 Å². The van der Waals surface area contributed by atoms with E-state index in [4.69, 9.17) is 14.8 Å². The van der Waals surface area contributed by atoms with Crippen LogP contribution in [0.1, 0.15) is 17.6 Å². The molecular formula is C19H23N3O2S. The molecule has 6 heteroatoms. The van der Waals surface area contributed by atoms with Crippen LogP contribution in [0.2, 0.25) is 0 Å². The normalized spacial score (nSPS) is 11.3. The fourth-order valence-electron chi connectivity index (χ4n) is 2.67. The predicted molar refractivity (Wildman–Crippen MR) is 101 cm³/mol. The van der Waals surface area contributed by atoms with Crippen LogP contribution in [0.15, 0.2) is 42.6 Å². The third-order valence-electron chi connectivity index (χ3n) is 4.01. The molecule has 0 unspecified atom stereocenters. The van der Waals surface area contributed by atoms with Crippen LogP contribution in [0.3, 0.4) is 0 Å². The van der Waals surface area contributed by atoms with Gasteiger partial charge in [0, 0.05) is 31.4 Å². The Kier molecular flexibility index (Phi) is 6.33. The first kappa shape index (κ1) is 17.8. The van der Waals surface area contributed by atoms with Crippen molar-refractivity contribution in [3.8, 4) is 5.75 Å². The number of fused-ring (bicyclic) bond motifs is 1. The highest BCUT2D eigenvalue weighted by atomic mass is 32.1. The van der Waals surface area contributed by atoms with Gasteiger partial charge in [-0.2, -0.15) is 0 Å². The van der Waals surface area contributed by atoms with Crippen molar-refractivity contribution in [1.29, 1.82) is 0 Å². The van der Waals surface area contributed by atoms with Crippen LogP contribution in [0, 0.1) is 0 Å². The van der Waals surface area contributed by atoms with Crippen LogP contribution in [-0.4, -0.2) is 52.8 Å². The third kappa shape index (κ3) is 4.75. The van der Waals surface area contributed by atoms with Crippen LogP contribution in [0.4, 0.5) is 0 Å². The van der Waals surface area contributed by atoms with E-state index in [9.17, 15) is 0 Å². The van der Waals surface area contributed by atoms with Gasteiger partial charge in [0.1, 0.15) is 17.9 Å². The van der Waals surface area contributed by atoms with Crippen molar-refractivity contribution in [2.24, 2.45) is 0 Å². The number of aromatic nitrogens is 2. The Morgan fingerprint density at radius 2 is 2.08 bits per heavy atom. The summed E-state index contributed by atoms with van der Waals surface area (Å²) in [7, 11) is 0. The Labute approximate surface area is 151 Å². The van der Waals surface area contributed by atoms with E-state index < -0.39 is 0 Å². The minimum Gasteiger partial charge on any atom is -0.490 e. The van der Waals surface area contributed by atoms with Gasteiger partial charge in [-0.25, -0.2) is 4.98 Å². The van der Waals surface area contributed by atoms with Crippen molar-refractivity contribution in [3.63, 3.8) is 0 Å². The van der Waals surface area contributed by atoms with Gasteiger partial charge in [-0.15, -0.1) is 11.3 Å². The molecule has 132 valence electrons. The summed E-state index contributed by atoms with van der Waals surface area (Å²) in [6.45, 7) is 5.21. The summed E-state index contributed by atoms with van der Waals surface area (Å²) < 4.78 is 7.10. The number of nitrogens with zero attached hydrogens (tertiary/aromatic N) is 3. The topological polar surface area (TPSA) is 58.5 Å². The van der Waals surface area contributed by atoms with E-state index in [2.05, 4.69) is 22.9 Å². The number of thiazole rings is 1. The fourth-order valence-corrected chi connectivity index (χ4v) is 3.67. The first-order valence-electron chi connectivity index (χ1n) is 8.54. The van der Waals surface area contributed by atoms with Crippen molar-refractivity contribution < 1.29 is 9.84 Å². The molecule has 3 aromatic rings. The van der Waals surface area contributed by atoms with Crippen LogP contribution in [0.5, 0.6) is 5.75 Å². The molecule has 0 spiro atoms. The summed E-state index contributed by atoms with van der Waals surface area (Å²) >= 11 is 1.68. The second-order valence-electron chi connectivity index (χ2n) is 5.71. The maximum Gasteiger partial charge on any atom is 0.146 e. The summed E-state index contributed by atoms with van der Waals surface area (Å²) in [5.41, 5.74) is 1.94. The predicted octanol–water partition coefficient (Wildman–Crippen LogP) is 2.98. The standard InChI is InChI=1S/C19H23N3O2S/c1-2-22(10-12-23)11-13-24-16-7-5-8-17-19(16)21-18(25-17)14-15-6-3-4-9-20-15/h3-9,23H,2,10-14H2,1H3. The number of likely N-dealkylation sites (N-methyl/N-ethyl adjacent to an activating group) is 1. The zero-order valence-electron chi connectivity index (χ0n) is 14.4. The average molecular weight is 357 g/mol. The lowest BCUT2D eigenvalue weighted by atomic mass is 10.3. The monoisotopic (exact) mass is 357 g/mol. The van der Waals surface area contributed by atoms with E-state index >= 15 is 0 Å². The van der Waals surface area contributed by atoms with E-state index in [1.54, 1.807) is 11.3 Å². The second kappa shape index (κ2) is 8.89. The van der Waals surface area contributed by atoms with E-state index in [0.717, 1.165) is 46.2 Å². The number of hydrogen-bond acceptors (Lipinski definition) is 6. The molecule has 5 nitrogen and oxygen atoms in total. The molecule has 0 saturated carbocycles. The number of aliphatic hydroxyl groups excluding tert-OH is 1. The quantitative estimate of drug-likeness (QED) is 0.638. The van der Waals surface area contributed by atoms with Gasteiger partial charge < -0.3 is 9.84 Å². The molecule has 0 amide bonds. The van der Waals surface area contributed by atoms with Gasteiger partial charge in [0.05, 0.1) is 16.3 Å². The Morgan fingerprint density at radius 3 is 2.84 bits per heavy atom. The molecule has 0 aliphatic heterocycles. The number of para-hydroxylation sites is 1. The van der Waals surface area contributed by atoms with Crippen molar-refractivity contribution in [2.45, 2.75) is 13.3 Å². The van der Waals surface area contributed by atoms with E-state index in [1.807, 2.05) is 36.5 Å². The van der Waals surface area contributed by atoms with Crippen molar-refractivity contribution >= 4 is 21.6 Å². The van der Waals surface area contributed by atoms with E-state index in [1.165, 1.54) is 0 Å². The minimum atomic E-state index is 0.173. The summed E-state index contributed by atoms with van der Waals surface area (Å²) in [6.07, 6.45) is 2.54. The Morgan fingerprint density at radius 1 is 1.16 bits per heavy atom. The summed E-state index contributed by atoms with van der Waals surface area (Å²) in [6, 6.07) is 12.0. The third-order valence-corrected chi connectivity index (χ3v) is 5.03. The lowest BCUT2D eigenvalue weighted by Gasteiger charge is -2.19. The molecule has 3 rings (SSSR count). The highest BCUT2D eigenvalue weighted by Crippen LogP contribution is 2.30. The van der Waals surface area contributed by atoms with Gasteiger partial charge in [0.15, 0.2) is 0 Å². The van der Waals surface area contributed by atoms with Crippen LogP contribution in [-0.2, 0) is 6.42 Å². The highest BCUT2D eigenvalue weighted by Gasteiger charge is 2.10. The number of rotatable bonds is 9. The Bertz CT molecular complexity index is 792. The second-order valence-corrected chi connectivity index (χ2v) is 6.83. The smallest absolute Gasteiger partial charge is 0.146 e. The number of pyridine rings is 1. The highest BCUT2D eigenvalue weighted by molar-refractivity contribution is 7.18. The number of ether oxygens (including phenoxy) is 1. The first-order chi connectivity index (χ1) is 12.3. The molecule has 0 saturated heterocycles. The molecule has 0 aliphatic rings. The average Bonchev–Trinajstić information content (AvgIpc) is 3.05. The molecule has 0 aliphatic carbocycles. The summed E-state index contributed by atoms with van der Waals surface area (Å²) in [4.78, 5) is 11.3. The zero-order chi connectivity index (χ0) is 17.5. The lowest BCUT2D eigenvalue weighted by molar-refractivity contribution is 0.174. The molecular weight excluding hydrogens is 334 g/mol. The molecule has 2 heterocycles. The van der Waals surface area contributed by atoms with Crippen molar-refractivity contribution in [3.05, 3.63) is 53.3 Å². The zero-order valence-corrected chi connectivity index (χ0v) is 15.2. The van der Waals surface area contributed by atoms with Gasteiger partial charge in [0.25, 0.3) is 0 Å². The maximum atomic E-state index is 9.05. The fraction of sp³-hybridized carbons (Fsp3) is 0.368. The van der Waals surface area contributed by atoms with Gasteiger partial charge in [-0.3, -0.25) is 9.88 Å². The molecule has 2 aromatic heterocycles. The van der Waals surface area contributed by atoms with Crippen LogP contribution in [0.25, 0.3) is 10.2 Å². The Hall–Kier alpha value is -2.02. The van der Waals surface area contributed by atoms with Gasteiger partial charge >= 0.3 is 0 Å². The molecule has 0 fully saturated rings. The number of benzene rings is 1. The summed E-state index contributed by atoms with van der Waals surface area (Å²) in [5, 5.41) is 10.1. The number of aliphatic hydroxyl groups is 1. The molecule has 1 aromatic carbocycles. The molecule has 25 heavy (non-hydrogen) atoms. The molecule has 1 N–H and O–H groups in total. The van der Waals surface area contributed by atoms with Gasteiger partial charge in [-0.1, -0.05) is 19.1 Å². The molecule has 0 radical (unpaired) electrons. The van der Waals surface area contributed by atoms with Gasteiger partial charge in [-0.05, 0) is 30.8 Å². The first-order valence-corrected chi connectivity index (χ1v) is 9.36. The molecule has 0 atom stereocenters. The lowest BCUT2D eigenvalue weighted by Crippen LogP contribution is -2.30. The van der Waals surface area contributed by atoms with Crippen LogP contribution < -0.4 is 4.74 Å². The summed E-state index contributed by atoms with van der Waals surface area (Å²) in [5.74, 6) is 0.820. The van der Waals surface area contributed by atoms with E-state index in [-0.39, 0.29) is 6.61 Å². The largest absolute Gasteiger partial charge is 0.490 e.